The monoisotopic (exact) mass is 359 g/mol. The number of rotatable bonds is 5. The second-order valence-electron chi connectivity index (χ2n) is 8.61. The van der Waals surface area contributed by atoms with Crippen LogP contribution in [0.5, 0.6) is 0 Å². The van der Waals surface area contributed by atoms with Crippen molar-refractivity contribution < 1.29 is 9.59 Å². The molecule has 1 aromatic rings. The van der Waals surface area contributed by atoms with Crippen LogP contribution in [-0.2, 0) is 16.1 Å². The summed E-state index contributed by atoms with van der Waals surface area (Å²) in [5.41, 5.74) is 8.02. The molecule has 1 saturated carbocycles. The van der Waals surface area contributed by atoms with Crippen molar-refractivity contribution in [2.75, 3.05) is 5.32 Å². The summed E-state index contributed by atoms with van der Waals surface area (Å²) in [6.07, 6.45) is 4.61. The molecule has 5 nitrogen and oxygen atoms in total. The molecule has 2 rings (SSSR count). The number of carbonyl (C=O) groups is 2. The molecule has 0 spiro atoms. The van der Waals surface area contributed by atoms with E-state index in [0.29, 0.717) is 13.0 Å². The van der Waals surface area contributed by atoms with Crippen LogP contribution in [-0.4, -0.2) is 28.8 Å². The normalized spacial score (nSPS) is 20.5. The van der Waals surface area contributed by atoms with Crippen molar-refractivity contribution in [2.45, 2.75) is 78.4 Å². The predicted molar refractivity (Wildman–Crippen MR) is 106 cm³/mol. The lowest BCUT2D eigenvalue weighted by molar-refractivity contribution is -0.137. The minimum Gasteiger partial charge on any atom is -0.334 e. The van der Waals surface area contributed by atoms with Gasteiger partial charge in [-0.2, -0.15) is 0 Å². The highest BCUT2D eigenvalue weighted by Gasteiger charge is 2.32. The largest absolute Gasteiger partial charge is 0.334 e. The van der Waals surface area contributed by atoms with E-state index in [-0.39, 0.29) is 29.3 Å². The standard InChI is InChI=1S/C21H33N3O2/c1-15(25)23-18-11-7-5-9-16(18)14-24(20(26)13-21(2,3)4)19-12-8-6-10-17(19)22/h5,7,9,11,17,19H,6,8,10,12-14,22H2,1-4H3,(H,23,25). The van der Waals surface area contributed by atoms with Gasteiger partial charge in [0, 0.05) is 37.7 Å². The number of nitrogens with two attached hydrogens (primary N) is 1. The van der Waals surface area contributed by atoms with Crippen molar-refractivity contribution in [2.24, 2.45) is 11.1 Å². The third kappa shape index (κ3) is 5.84. The molecule has 1 fully saturated rings. The van der Waals surface area contributed by atoms with Crippen LogP contribution in [0, 0.1) is 5.41 Å². The first-order valence-corrected chi connectivity index (χ1v) is 9.58. The number of amides is 2. The van der Waals surface area contributed by atoms with Crippen molar-refractivity contribution in [3.05, 3.63) is 29.8 Å². The molecular weight excluding hydrogens is 326 g/mol. The maximum atomic E-state index is 13.1. The molecule has 2 amide bonds. The van der Waals surface area contributed by atoms with Gasteiger partial charge in [0.15, 0.2) is 0 Å². The maximum absolute atomic E-state index is 13.1. The SMILES string of the molecule is CC(=O)Nc1ccccc1CN(C(=O)CC(C)(C)C)C1CCCCC1N. The fraction of sp³-hybridized carbons (Fsp3) is 0.619. The molecule has 1 aliphatic rings. The van der Waals surface area contributed by atoms with Crippen LogP contribution in [0.4, 0.5) is 5.69 Å². The Hall–Kier alpha value is -1.88. The Balaban J connectivity index is 2.29. The summed E-state index contributed by atoms with van der Waals surface area (Å²) in [6.45, 7) is 8.21. The topological polar surface area (TPSA) is 75.4 Å². The Morgan fingerprint density at radius 2 is 1.85 bits per heavy atom. The molecule has 0 heterocycles. The van der Waals surface area contributed by atoms with Crippen molar-refractivity contribution >= 4 is 17.5 Å². The molecule has 0 aliphatic heterocycles. The van der Waals surface area contributed by atoms with Crippen LogP contribution >= 0.6 is 0 Å². The molecular formula is C21H33N3O2. The molecule has 0 saturated heterocycles. The van der Waals surface area contributed by atoms with Gasteiger partial charge >= 0.3 is 0 Å². The summed E-state index contributed by atoms with van der Waals surface area (Å²) in [5, 5.41) is 2.87. The molecule has 0 aromatic heterocycles. The van der Waals surface area contributed by atoms with Gasteiger partial charge < -0.3 is 16.0 Å². The van der Waals surface area contributed by atoms with Gasteiger partial charge in [0.2, 0.25) is 11.8 Å². The maximum Gasteiger partial charge on any atom is 0.223 e. The molecule has 3 N–H and O–H groups in total. The van der Waals surface area contributed by atoms with Crippen molar-refractivity contribution in [1.29, 1.82) is 0 Å². The average Bonchev–Trinajstić information content (AvgIpc) is 2.52. The van der Waals surface area contributed by atoms with Gasteiger partial charge in [0.25, 0.3) is 0 Å². The molecule has 26 heavy (non-hydrogen) atoms. The molecule has 1 aromatic carbocycles. The Labute approximate surface area is 157 Å². The zero-order chi connectivity index (χ0) is 19.3. The summed E-state index contributed by atoms with van der Waals surface area (Å²) in [5.74, 6) is 0.0249. The highest BCUT2D eigenvalue weighted by atomic mass is 16.2. The fourth-order valence-electron chi connectivity index (χ4n) is 3.63. The number of para-hydroxylation sites is 1. The van der Waals surface area contributed by atoms with E-state index >= 15 is 0 Å². The fourth-order valence-corrected chi connectivity index (χ4v) is 3.63. The van der Waals surface area contributed by atoms with E-state index in [1.54, 1.807) is 0 Å². The summed E-state index contributed by atoms with van der Waals surface area (Å²) in [4.78, 5) is 26.6. The molecule has 5 heteroatoms. The lowest BCUT2D eigenvalue weighted by atomic mass is 9.87. The zero-order valence-corrected chi connectivity index (χ0v) is 16.5. The van der Waals surface area contributed by atoms with E-state index in [1.807, 2.05) is 29.2 Å². The van der Waals surface area contributed by atoms with Crippen molar-refractivity contribution in [1.82, 2.24) is 4.90 Å². The van der Waals surface area contributed by atoms with E-state index in [4.69, 9.17) is 5.73 Å². The second kappa shape index (κ2) is 8.67. The third-order valence-electron chi connectivity index (χ3n) is 4.85. The summed E-state index contributed by atoms with van der Waals surface area (Å²) in [7, 11) is 0. The Morgan fingerprint density at radius 1 is 1.19 bits per heavy atom. The van der Waals surface area contributed by atoms with Gasteiger partial charge in [-0.25, -0.2) is 0 Å². The van der Waals surface area contributed by atoms with Crippen LogP contribution in [0.15, 0.2) is 24.3 Å². The number of carbonyl (C=O) groups excluding carboxylic acids is 2. The highest BCUT2D eigenvalue weighted by Crippen LogP contribution is 2.29. The summed E-state index contributed by atoms with van der Waals surface area (Å²) in [6, 6.07) is 7.75. The summed E-state index contributed by atoms with van der Waals surface area (Å²) >= 11 is 0. The molecule has 2 atom stereocenters. The van der Waals surface area contributed by atoms with Crippen LogP contribution in [0.1, 0.15) is 65.4 Å². The summed E-state index contributed by atoms with van der Waals surface area (Å²) < 4.78 is 0. The van der Waals surface area contributed by atoms with Gasteiger partial charge in [-0.15, -0.1) is 0 Å². The molecule has 0 bridgehead atoms. The molecule has 144 valence electrons. The van der Waals surface area contributed by atoms with E-state index < -0.39 is 0 Å². The first-order chi connectivity index (χ1) is 12.2. The first kappa shape index (κ1) is 20.4. The van der Waals surface area contributed by atoms with E-state index in [9.17, 15) is 9.59 Å². The smallest absolute Gasteiger partial charge is 0.223 e. The molecule has 1 aliphatic carbocycles. The number of benzene rings is 1. The number of hydrogen-bond acceptors (Lipinski definition) is 3. The second-order valence-corrected chi connectivity index (χ2v) is 8.61. The van der Waals surface area contributed by atoms with Crippen LogP contribution < -0.4 is 11.1 Å². The van der Waals surface area contributed by atoms with Crippen molar-refractivity contribution in [3.63, 3.8) is 0 Å². The van der Waals surface area contributed by atoms with Gasteiger partial charge in [0.1, 0.15) is 0 Å². The Kier molecular flexibility index (Phi) is 6.81. The van der Waals surface area contributed by atoms with Crippen LogP contribution in [0.25, 0.3) is 0 Å². The van der Waals surface area contributed by atoms with E-state index in [1.165, 1.54) is 6.92 Å². The third-order valence-corrected chi connectivity index (χ3v) is 4.85. The van der Waals surface area contributed by atoms with E-state index in [2.05, 4.69) is 26.1 Å². The van der Waals surface area contributed by atoms with Crippen molar-refractivity contribution in [3.8, 4) is 0 Å². The van der Waals surface area contributed by atoms with Gasteiger partial charge in [-0.05, 0) is 29.9 Å². The quantitative estimate of drug-likeness (QED) is 0.842. The number of anilines is 1. The van der Waals surface area contributed by atoms with E-state index in [0.717, 1.165) is 36.9 Å². The number of nitrogens with one attached hydrogen (secondary N) is 1. The molecule has 0 radical (unpaired) electrons. The minimum absolute atomic E-state index is 0.0144. The average molecular weight is 360 g/mol. The first-order valence-electron chi connectivity index (χ1n) is 9.58. The lowest BCUT2D eigenvalue weighted by Crippen LogP contribution is -2.52. The van der Waals surface area contributed by atoms with Gasteiger partial charge in [-0.1, -0.05) is 51.8 Å². The Morgan fingerprint density at radius 3 is 2.46 bits per heavy atom. The molecule has 2 unspecified atom stereocenters. The van der Waals surface area contributed by atoms with Gasteiger partial charge in [-0.3, -0.25) is 9.59 Å². The number of nitrogens with zero attached hydrogens (tertiary/aromatic N) is 1. The minimum atomic E-state index is -0.112. The van der Waals surface area contributed by atoms with Crippen LogP contribution in [0.2, 0.25) is 0 Å². The Bertz CT molecular complexity index is 636. The zero-order valence-electron chi connectivity index (χ0n) is 16.5. The lowest BCUT2D eigenvalue weighted by Gasteiger charge is -2.40. The highest BCUT2D eigenvalue weighted by molar-refractivity contribution is 5.89. The predicted octanol–water partition coefficient (Wildman–Crippen LogP) is 3.68. The van der Waals surface area contributed by atoms with Gasteiger partial charge in [0.05, 0.1) is 0 Å². The van der Waals surface area contributed by atoms with Crippen LogP contribution in [0.3, 0.4) is 0 Å². The number of hydrogen-bond donors (Lipinski definition) is 2.